The molecule has 1 aliphatic rings. The molecule has 3 rings (SSSR count). The zero-order valence-corrected chi connectivity index (χ0v) is 16.2. The Morgan fingerprint density at radius 1 is 1.00 bits per heavy atom. The zero-order valence-electron chi connectivity index (χ0n) is 13.9. The van der Waals surface area contributed by atoms with Crippen LogP contribution in [0.2, 0.25) is 10.0 Å². The lowest BCUT2D eigenvalue weighted by Gasteiger charge is -2.26. The van der Waals surface area contributed by atoms with Crippen LogP contribution in [-0.4, -0.2) is 31.7 Å². The van der Waals surface area contributed by atoms with Crippen molar-refractivity contribution in [2.75, 3.05) is 18.4 Å². The van der Waals surface area contributed by atoms with Crippen LogP contribution in [0.5, 0.6) is 0 Å². The molecule has 0 bridgehead atoms. The summed E-state index contributed by atoms with van der Waals surface area (Å²) in [4.78, 5) is 12.6. The summed E-state index contributed by atoms with van der Waals surface area (Å²) < 4.78 is 27.0. The SMILES string of the molecule is O=C(Nc1cc(Cl)ccc1Cl)c1cccc(S(=O)(=O)N2CCCCC2)c1. The maximum absolute atomic E-state index is 12.8. The molecule has 2 aromatic rings. The van der Waals surface area contributed by atoms with E-state index in [1.54, 1.807) is 24.3 Å². The molecule has 138 valence electrons. The molecule has 26 heavy (non-hydrogen) atoms. The Morgan fingerprint density at radius 2 is 1.73 bits per heavy atom. The first-order valence-electron chi connectivity index (χ1n) is 8.24. The van der Waals surface area contributed by atoms with Gasteiger partial charge in [-0.2, -0.15) is 4.31 Å². The van der Waals surface area contributed by atoms with Crippen LogP contribution in [0.1, 0.15) is 29.6 Å². The summed E-state index contributed by atoms with van der Waals surface area (Å²) in [5.41, 5.74) is 0.604. The monoisotopic (exact) mass is 412 g/mol. The van der Waals surface area contributed by atoms with Crippen molar-refractivity contribution in [1.82, 2.24) is 4.31 Å². The lowest BCUT2D eigenvalue weighted by Crippen LogP contribution is -2.35. The lowest BCUT2D eigenvalue weighted by molar-refractivity contribution is 0.102. The van der Waals surface area contributed by atoms with Gasteiger partial charge in [-0.3, -0.25) is 4.79 Å². The largest absolute Gasteiger partial charge is 0.321 e. The molecule has 0 unspecified atom stereocenters. The van der Waals surface area contributed by atoms with Crippen LogP contribution < -0.4 is 5.32 Å². The minimum Gasteiger partial charge on any atom is -0.321 e. The predicted octanol–water partition coefficient (Wildman–Crippen LogP) is 4.42. The van der Waals surface area contributed by atoms with E-state index in [4.69, 9.17) is 23.2 Å². The minimum atomic E-state index is -3.60. The Hall–Kier alpha value is -1.60. The van der Waals surface area contributed by atoms with Crippen LogP contribution in [0, 0.1) is 0 Å². The van der Waals surface area contributed by atoms with Crippen molar-refractivity contribution in [3.63, 3.8) is 0 Å². The first-order valence-corrected chi connectivity index (χ1v) is 10.4. The number of anilines is 1. The Bertz CT molecular complexity index is 926. The molecule has 0 radical (unpaired) electrons. The van der Waals surface area contributed by atoms with Crippen LogP contribution in [0.25, 0.3) is 0 Å². The van der Waals surface area contributed by atoms with Gasteiger partial charge in [0.15, 0.2) is 0 Å². The molecule has 8 heteroatoms. The van der Waals surface area contributed by atoms with Crippen molar-refractivity contribution in [1.29, 1.82) is 0 Å². The summed E-state index contributed by atoms with van der Waals surface area (Å²) in [6.07, 6.45) is 2.74. The summed E-state index contributed by atoms with van der Waals surface area (Å²) >= 11 is 12.0. The lowest BCUT2D eigenvalue weighted by atomic mass is 10.2. The molecule has 0 saturated carbocycles. The summed E-state index contributed by atoms with van der Waals surface area (Å²) in [6.45, 7) is 1.02. The molecule has 1 heterocycles. The summed E-state index contributed by atoms with van der Waals surface area (Å²) in [5.74, 6) is -0.454. The Morgan fingerprint density at radius 3 is 2.46 bits per heavy atom. The van der Waals surface area contributed by atoms with Crippen molar-refractivity contribution in [3.05, 3.63) is 58.1 Å². The van der Waals surface area contributed by atoms with Gasteiger partial charge in [0.1, 0.15) is 0 Å². The van der Waals surface area contributed by atoms with Crippen LogP contribution >= 0.6 is 23.2 Å². The Balaban J connectivity index is 1.84. The fourth-order valence-corrected chi connectivity index (χ4v) is 4.74. The maximum atomic E-state index is 12.8. The molecular formula is C18H18Cl2N2O3S. The maximum Gasteiger partial charge on any atom is 0.255 e. The van der Waals surface area contributed by atoms with Crippen LogP contribution in [0.15, 0.2) is 47.4 Å². The normalized spacial score (nSPS) is 15.6. The van der Waals surface area contributed by atoms with Crippen molar-refractivity contribution in [3.8, 4) is 0 Å². The smallest absolute Gasteiger partial charge is 0.255 e. The number of amides is 1. The average Bonchev–Trinajstić information content (AvgIpc) is 2.65. The highest BCUT2D eigenvalue weighted by molar-refractivity contribution is 7.89. The van der Waals surface area contributed by atoms with Gasteiger partial charge in [-0.1, -0.05) is 35.7 Å². The molecule has 0 aromatic heterocycles. The van der Waals surface area contributed by atoms with E-state index in [0.717, 1.165) is 19.3 Å². The second kappa shape index (κ2) is 7.96. The number of hydrogen-bond donors (Lipinski definition) is 1. The fourth-order valence-electron chi connectivity index (χ4n) is 2.84. The third kappa shape index (κ3) is 4.20. The molecular weight excluding hydrogens is 395 g/mol. The van der Waals surface area contributed by atoms with Crippen molar-refractivity contribution in [2.45, 2.75) is 24.2 Å². The number of halogens is 2. The Kier molecular flexibility index (Phi) is 5.87. The van der Waals surface area contributed by atoms with Gasteiger partial charge in [0.2, 0.25) is 10.0 Å². The van der Waals surface area contributed by atoms with Gasteiger partial charge >= 0.3 is 0 Å². The van der Waals surface area contributed by atoms with E-state index >= 15 is 0 Å². The molecule has 1 N–H and O–H groups in total. The minimum absolute atomic E-state index is 0.115. The van der Waals surface area contributed by atoms with Crippen molar-refractivity contribution >= 4 is 44.8 Å². The standard InChI is InChI=1S/C18H18Cl2N2O3S/c19-14-7-8-16(20)17(12-14)21-18(23)13-5-4-6-15(11-13)26(24,25)22-9-2-1-3-10-22/h4-8,11-12H,1-3,9-10H2,(H,21,23). The van der Waals surface area contributed by atoms with E-state index in [0.29, 0.717) is 28.8 Å². The molecule has 0 aliphatic carbocycles. The first kappa shape index (κ1) is 19.2. The second-order valence-electron chi connectivity index (χ2n) is 6.07. The second-order valence-corrected chi connectivity index (χ2v) is 8.85. The van der Waals surface area contributed by atoms with Crippen LogP contribution in [0.4, 0.5) is 5.69 Å². The molecule has 1 aliphatic heterocycles. The van der Waals surface area contributed by atoms with Gasteiger partial charge in [-0.25, -0.2) is 8.42 Å². The average molecular weight is 413 g/mol. The molecule has 5 nitrogen and oxygen atoms in total. The number of sulfonamides is 1. The van der Waals surface area contributed by atoms with E-state index in [2.05, 4.69) is 5.32 Å². The zero-order chi connectivity index (χ0) is 18.7. The molecule has 2 aromatic carbocycles. The Labute approximate surface area is 163 Å². The van der Waals surface area contributed by atoms with E-state index in [9.17, 15) is 13.2 Å². The van der Waals surface area contributed by atoms with E-state index in [-0.39, 0.29) is 10.5 Å². The number of hydrogen-bond acceptors (Lipinski definition) is 3. The highest BCUT2D eigenvalue weighted by Gasteiger charge is 2.26. The molecule has 0 spiro atoms. The van der Waals surface area contributed by atoms with E-state index in [1.807, 2.05) is 0 Å². The highest BCUT2D eigenvalue weighted by atomic mass is 35.5. The number of carbonyl (C=O) groups is 1. The number of rotatable bonds is 4. The number of benzene rings is 2. The van der Waals surface area contributed by atoms with Gasteiger partial charge in [0.25, 0.3) is 5.91 Å². The summed E-state index contributed by atoms with van der Waals surface area (Å²) in [7, 11) is -3.60. The first-order chi connectivity index (χ1) is 12.4. The molecule has 1 saturated heterocycles. The highest BCUT2D eigenvalue weighted by Crippen LogP contribution is 2.26. The molecule has 0 atom stereocenters. The van der Waals surface area contributed by atoms with Gasteiger partial charge in [-0.05, 0) is 49.2 Å². The molecule has 1 amide bonds. The number of carbonyl (C=O) groups excluding carboxylic acids is 1. The van der Waals surface area contributed by atoms with Crippen molar-refractivity contribution < 1.29 is 13.2 Å². The van der Waals surface area contributed by atoms with E-state index < -0.39 is 15.9 Å². The van der Waals surface area contributed by atoms with Gasteiger partial charge in [0, 0.05) is 23.7 Å². The molecule has 1 fully saturated rings. The van der Waals surface area contributed by atoms with Gasteiger partial charge in [0.05, 0.1) is 15.6 Å². The van der Waals surface area contributed by atoms with Crippen LogP contribution in [0.3, 0.4) is 0 Å². The van der Waals surface area contributed by atoms with Crippen molar-refractivity contribution in [2.24, 2.45) is 0 Å². The number of piperidine rings is 1. The predicted molar refractivity (Wildman–Crippen MR) is 103 cm³/mol. The van der Waals surface area contributed by atoms with Gasteiger partial charge in [-0.15, -0.1) is 0 Å². The fraction of sp³-hybridized carbons (Fsp3) is 0.278. The number of nitrogens with zero attached hydrogens (tertiary/aromatic N) is 1. The van der Waals surface area contributed by atoms with E-state index in [1.165, 1.54) is 22.5 Å². The third-order valence-corrected chi connectivity index (χ3v) is 6.68. The topological polar surface area (TPSA) is 66.5 Å². The van der Waals surface area contributed by atoms with Crippen LogP contribution in [-0.2, 0) is 10.0 Å². The summed E-state index contributed by atoms with van der Waals surface area (Å²) in [6, 6.07) is 10.7. The quantitative estimate of drug-likeness (QED) is 0.807. The third-order valence-electron chi connectivity index (χ3n) is 4.23. The number of nitrogens with one attached hydrogen (secondary N) is 1. The van der Waals surface area contributed by atoms with Gasteiger partial charge < -0.3 is 5.32 Å². The summed E-state index contributed by atoms with van der Waals surface area (Å²) in [5, 5.41) is 3.45.